The molecule has 1 aromatic heterocycles. The maximum absolute atomic E-state index is 11.7. The van der Waals surface area contributed by atoms with Crippen LogP contribution in [-0.4, -0.2) is 14.9 Å². The summed E-state index contributed by atoms with van der Waals surface area (Å²) in [6.45, 7) is 0. The molecule has 0 saturated heterocycles. The summed E-state index contributed by atoms with van der Waals surface area (Å²) in [5, 5.41) is 11.7. The Morgan fingerprint density at radius 3 is 1.75 bits per heavy atom. The molecule has 0 fully saturated rings. The lowest BCUT2D eigenvalue weighted by atomic mass is 9.99. The average Bonchev–Trinajstić information content (AvgIpc) is 2.85. The molecule has 0 unspecified atom stereocenters. The standard InChI is InChI=1S/C26H16BrN3O2/c27-21-16-15-20(19-13-7-8-14-22(19)30(31)32)25-26(21)29-24(18-11-5-2-6-12-18)23(28-25)17-9-3-1-4-10-17/h1-16H. The van der Waals surface area contributed by atoms with E-state index in [1.807, 2.05) is 72.8 Å². The first-order valence-corrected chi connectivity index (χ1v) is 10.8. The van der Waals surface area contributed by atoms with Gasteiger partial charge in [0.1, 0.15) is 5.52 Å². The van der Waals surface area contributed by atoms with Crippen LogP contribution in [0.25, 0.3) is 44.7 Å². The first kappa shape index (κ1) is 20.0. The summed E-state index contributed by atoms with van der Waals surface area (Å²) in [7, 11) is 0. The van der Waals surface area contributed by atoms with E-state index < -0.39 is 0 Å². The Balaban J connectivity index is 1.88. The summed E-state index contributed by atoms with van der Waals surface area (Å²) in [4.78, 5) is 21.4. The fraction of sp³-hybridized carbons (Fsp3) is 0. The van der Waals surface area contributed by atoms with E-state index in [1.165, 1.54) is 6.07 Å². The minimum Gasteiger partial charge on any atom is -0.258 e. The number of hydrogen-bond acceptors (Lipinski definition) is 4. The maximum atomic E-state index is 11.7. The molecule has 0 atom stereocenters. The van der Waals surface area contributed by atoms with Gasteiger partial charge in [0.2, 0.25) is 0 Å². The summed E-state index contributed by atoms with van der Waals surface area (Å²) in [6, 6.07) is 30.2. The smallest absolute Gasteiger partial charge is 0.258 e. The highest BCUT2D eigenvalue weighted by Crippen LogP contribution is 2.39. The first-order chi connectivity index (χ1) is 15.6. The third kappa shape index (κ3) is 3.55. The molecule has 1 heterocycles. The molecule has 0 aliphatic rings. The van der Waals surface area contributed by atoms with E-state index in [4.69, 9.17) is 9.97 Å². The molecule has 0 amide bonds. The molecule has 5 aromatic rings. The van der Waals surface area contributed by atoms with Crippen LogP contribution in [0.3, 0.4) is 0 Å². The molecular weight excluding hydrogens is 466 g/mol. The molecule has 0 aliphatic heterocycles. The fourth-order valence-corrected chi connectivity index (χ4v) is 4.19. The molecule has 0 bridgehead atoms. The second-order valence-electron chi connectivity index (χ2n) is 7.22. The Kier molecular flexibility index (Phi) is 5.21. The van der Waals surface area contributed by atoms with Gasteiger partial charge in [-0.25, -0.2) is 9.97 Å². The molecule has 0 N–H and O–H groups in total. The van der Waals surface area contributed by atoms with Crippen molar-refractivity contribution in [2.45, 2.75) is 0 Å². The number of aromatic nitrogens is 2. The number of benzene rings is 4. The minimum absolute atomic E-state index is 0.0336. The normalized spacial score (nSPS) is 10.9. The number of nitrogens with zero attached hydrogens (tertiary/aromatic N) is 3. The molecule has 5 rings (SSSR count). The Labute approximate surface area is 192 Å². The van der Waals surface area contributed by atoms with E-state index in [9.17, 15) is 10.1 Å². The number of halogens is 1. The van der Waals surface area contributed by atoms with Crippen LogP contribution in [-0.2, 0) is 0 Å². The van der Waals surface area contributed by atoms with Crippen molar-refractivity contribution in [3.63, 3.8) is 0 Å². The number of rotatable bonds is 4. The van der Waals surface area contributed by atoms with Crippen LogP contribution in [0.4, 0.5) is 5.69 Å². The fourth-order valence-electron chi connectivity index (χ4n) is 3.78. The van der Waals surface area contributed by atoms with Crippen LogP contribution in [0.2, 0.25) is 0 Å². The molecule has 5 nitrogen and oxygen atoms in total. The molecule has 154 valence electrons. The van der Waals surface area contributed by atoms with Crippen LogP contribution in [0, 0.1) is 10.1 Å². The molecule has 0 radical (unpaired) electrons. The van der Waals surface area contributed by atoms with E-state index in [1.54, 1.807) is 18.2 Å². The largest absolute Gasteiger partial charge is 0.277 e. The van der Waals surface area contributed by atoms with E-state index in [-0.39, 0.29) is 10.6 Å². The number of nitro groups is 1. The zero-order valence-corrected chi connectivity index (χ0v) is 18.4. The Hall–Kier alpha value is -3.90. The van der Waals surface area contributed by atoms with Crippen LogP contribution in [0.5, 0.6) is 0 Å². The summed E-state index contributed by atoms with van der Waals surface area (Å²) in [6.07, 6.45) is 0. The summed E-state index contributed by atoms with van der Waals surface area (Å²) in [5.41, 5.74) is 5.82. The van der Waals surface area contributed by atoms with E-state index >= 15 is 0 Å². The third-order valence-electron chi connectivity index (χ3n) is 5.26. The molecule has 0 spiro atoms. The van der Waals surface area contributed by atoms with Crippen molar-refractivity contribution in [2.75, 3.05) is 0 Å². The zero-order chi connectivity index (χ0) is 22.1. The highest BCUT2D eigenvalue weighted by Gasteiger charge is 2.21. The monoisotopic (exact) mass is 481 g/mol. The highest BCUT2D eigenvalue weighted by atomic mass is 79.9. The van der Waals surface area contributed by atoms with Crippen molar-refractivity contribution in [3.8, 4) is 33.6 Å². The lowest BCUT2D eigenvalue weighted by molar-refractivity contribution is -0.384. The highest BCUT2D eigenvalue weighted by molar-refractivity contribution is 9.10. The first-order valence-electron chi connectivity index (χ1n) is 9.98. The molecule has 0 aliphatic carbocycles. The number of fused-ring (bicyclic) bond motifs is 1. The lowest BCUT2D eigenvalue weighted by Crippen LogP contribution is -1.99. The SMILES string of the molecule is O=[N+]([O-])c1ccccc1-c1ccc(Br)c2nc(-c3ccccc3)c(-c3ccccc3)nc12. The molecular formula is C26H16BrN3O2. The summed E-state index contributed by atoms with van der Waals surface area (Å²) in [5.74, 6) is 0. The van der Waals surface area contributed by atoms with Crippen LogP contribution in [0.1, 0.15) is 0 Å². The van der Waals surface area contributed by atoms with Crippen molar-refractivity contribution in [3.05, 3.63) is 112 Å². The average molecular weight is 482 g/mol. The van der Waals surface area contributed by atoms with Gasteiger partial charge in [-0.15, -0.1) is 0 Å². The van der Waals surface area contributed by atoms with Crippen LogP contribution < -0.4 is 0 Å². The van der Waals surface area contributed by atoms with Gasteiger partial charge in [-0.1, -0.05) is 78.9 Å². The van der Waals surface area contributed by atoms with Gasteiger partial charge in [0, 0.05) is 27.2 Å². The van der Waals surface area contributed by atoms with E-state index in [2.05, 4.69) is 15.9 Å². The van der Waals surface area contributed by atoms with E-state index in [0.29, 0.717) is 22.2 Å². The van der Waals surface area contributed by atoms with Gasteiger partial charge in [0.25, 0.3) is 5.69 Å². The number of nitro benzene ring substituents is 1. The van der Waals surface area contributed by atoms with Gasteiger partial charge in [-0.05, 0) is 28.1 Å². The van der Waals surface area contributed by atoms with Crippen molar-refractivity contribution in [2.24, 2.45) is 0 Å². The zero-order valence-electron chi connectivity index (χ0n) is 16.8. The van der Waals surface area contributed by atoms with Crippen molar-refractivity contribution >= 4 is 32.7 Å². The second-order valence-corrected chi connectivity index (χ2v) is 8.07. The quantitative estimate of drug-likeness (QED) is 0.199. The molecule has 0 saturated carbocycles. The third-order valence-corrected chi connectivity index (χ3v) is 5.90. The topological polar surface area (TPSA) is 68.9 Å². The van der Waals surface area contributed by atoms with Crippen molar-refractivity contribution in [1.29, 1.82) is 0 Å². The predicted molar refractivity (Wildman–Crippen MR) is 130 cm³/mol. The molecule has 6 heteroatoms. The van der Waals surface area contributed by atoms with Crippen LogP contribution in [0.15, 0.2) is 102 Å². The molecule has 4 aromatic carbocycles. The van der Waals surface area contributed by atoms with Gasteiger partial charge >= 0.3 is 0 Å². The second kappa shape index (κ2) is 8.32. The van der Waals surface area contributed by atoms with Crippen LogP contribution >= 0.6 is 15.9 Å². The minimum atomic E-state index is -0.368. The van der Waals surface area contributed by atoms with Gasteiger partial charge < -0.3 is 0 Å². The van der Waals surface area contributed by atoms with Gasteiger partial charge in [0.15, 0.2) is 0 Å². The Bertz CT molecular complexity index is 1450. The van der Waals surface area contributed by atoms with E-state index in [0.717, 1.165) is 27.0 Å². The maximum Gasteiger partial charge on any atom is 0.277 e. The van der Waals surface area contributed by atoms with Gasteiger partial charge in [-0.2, -0.15) is 0 Å². The Morgan fingerprint density at radius 1 is 0.625 bits per heavy atom. The van der Waals surface area contributed by atoms with Crippen molar-refractivity contribution < 1.29 is 4.92 Å². The lowest BCUT2D eigenvalue weighted by Gasteiger charge is -2.14. The molecule has 32 heavy (non-hydrogen) atoms. The van der Waals surface area contributed by atoms with Gasteiger partial charge in [-0.3, -0.25) is 10.1 Å². The predicted octanol–water partition coefficient (Wildman–Crippen LogP) is 7.30. The summed E-state index contributed by atoms with van der Waals surface area (Å²) < 4.78 is 0.777. The van der Waals surface area contributed by atoms with Gasteiger partial charge in [0.05, 0.1) is 27.4 Å². The Morgan fingerprint density at radius 2 is 1.16 bits per heavy atom. The van der Waals surface area contributed by atoms with Crippen molar-refractivity contribution in [1.82, 2.24) is 9.97 Å². The number of hydrogen-bond donors (Lipinski definition) is 0. The summed E-state index contributed by atoms with van der Waals surface area (Å²) >= 11 is 3.60. The number of para-hydroxylation sites is 1.